The smallest absolute Gasteiger partial charge is 0.263 e. The van der Waals surface area contributed by atoms with Gasteiger partial charge in [-0.25, -0.2) is 16.8 Å². The lowest BCUT2D eigenvalue weighted by Gasteiger charge is -2.26. The van der Waals surface area contributed by atoms with Crippen molar-refractivity contribution < 1.29 is 21.6 Å². The third-order valence-corrected chi connectivity index (χ3v) is 8.46. The van der Waals surface area contributed by atoms with E-state index in [2.05, 4.69) is 4.72 Å². The van der Waals surface area contributed by atoms with Crippen molar-refractivity contribution in [2.75, 3.05) is 31.0 Å². The maximum Gasteiger partial charge on any atom is 0.263 e. The van der Waals surface area contributed by atoms with Gasteiger partial charge in [0.25, 0.3) is 10.0 Å². The van der Waals surface area contributed by atoms with Crippen molar-refractivity contribution in [2.45, 2.75) is 9.79 Å². The van der Waals surface area contributed by atoms with Gasteiger partial charge in [-0.15, -0.1) is 0 Å². The van der Waals surface area contributed by atoms with Gasteiger partial charge in [0.05, 0.1) is 33.2 Å². The predicted octanol–water partition coefficient (Wildman–Crippen LogP) is 3.47. The van der Waals surface area contributed by atoms with Crippen LogP contribution in [0.25, 0.3) is 0 Å². The minimum atomic E-state index is -4.05. The second kappa shape index (κ2) is 8.35. The number of ether oxygens (including phenoxy) is 1. The molecule has 0 unspecified atom stereocenters. The van der Waals surface area contributed by atoms with E-state index in [0.29, 0.717) is 13.2 Å². The van der Waals surface area contributed by atoms with Crippen molar-refractivity contribution in [3.05, 3.63) is 51.5 Å². The van der Waals surface area contributed by atoms with Crippen LogP contribution in [0.5, 0.6) is 0 Å². The van der Waals surface area contributed by atoms with Crippen LogP contribution in [0.2, 0.25) is 15.1 Å². The fourth-order valence-corrected chi connectivity index (χ4v) is 6.02. The molecule has 0 radical (unpaired) electrons. The van der Waals surface area contributed by atoms with E-state index in [1.165, 1.54) is 34.6 Å². The average molecular weight is 486 g/mol. The van der Waals surface area contributed by atoms with Crippen LogP contribution < -0.4 is 4.72 Å². The first-order valence-corrected chi connectivity index (χ1v) is 12.0. The van der Waals surface area contributed by atoms with E-state index < -0.39 is 20.0 Å². The Hall–Kier alpha value is -1.07. The van der Waals surface area contributed by atoms with Gasteiger partial charge in [-0.1, -0.05) is 34.8 Å². The van der Waals surface area contributed by atoms with E-state index in [4.69, 9.17) is 39.5 Å². The third-order valence-electron chi connectivity index (χ3n) is 3.98. The van der Waals surface area contributed by atoms with Gasteiger partial charge < -0.3 is 4.74 Å². The molecule has 0 bridgehead atoms. The highest BCUT2D eigenvalue weighted by molar-refractivity contribution is 7.92. The van der Waals surface area contributed by atoms with Crippen LogP contribution in [-0.4, -0.2) is 47.4 Å². The van der Waals surface area contributed by atoms with Crippen molar-refractivity contribution in [1.82, 2.24) is 4.31 Å². The molecule has 28 heavy (non-hydrogen) atoms. The number of benzene rings is 2. The molecule has 0 spiro atoms. The minimum absolute atomic E-state index is 0.0402. The average Bonchev–Trinajstić information content (AvgIpc) is 2.65. The van der Waals surface area contributed by atoms with E-state index in [-0.39, 0.29) is 43.6 Å². The van der Waals surface area contributed by atoms with Gasteiger partial charge in [0.1, 0.15) is 4.90 Å². The zero-order valence-electron chi connectivity index (χ0n) is 14.2. The lowest BCUT2D eigenvalue weighted by atomic mass is 10.3. The van der Waals surface area contributed by atoms with Crippen LogP contribution in [0.1, 0.15) is 0 Å². The summed E-state index contributed by atoms with van der Waals surface area (Å²) in [5.74, 6) is 0. The Balaban J connectivity index is 1.83. The zero-order chi connectivity index (χ0) is 20.5. The number of halogens is 3. The molecule has 0 atom stereocenters. The fourth-order valence-electron chi connectivity index (χ4n) is 2.55. The maximum absolute atomic E-state index is 12.6. The first-order valence-electron chi connectivity index (χ1n) is 7.96. The summed E-state index contributed by atoms with van der Waals surface area (Å²) < 4.78 is 59.2. The molecule has 2 aromatic rings. The number of hydrogen-bond donors (Lipinski definition) is 1. The molecule has 7 nitrogen and oxygen atoms in total. The largest absolute Gasteiger partial charge is 0.379 e. The highest BCUT2D eigenvalue weighted by atomic mass is 35.5. The molecule has 1 fully saturated rings. The Kier molecular flexibility index (Phi) is 6.45. The molecule has 1 aliphatic rings. The maximum atomic E-state index is 12.6. The molecule has 0 aromatic heterocycles. The standard InChI is InChI=1S/C16H15Cl3N2O5S2/c17-13-9-15(19)16(10-14(13)18)27(22,23)20-11-1-3-12(4-2-11)28(24,25)21-5-7-26-8-6-21/h1-4,9-10,20H,5-8H2. The van der Waals surface area contributed by atoms with Gasteiger partial charge >= 0.3 is 0 Å². The minimum Gasteiger partial charge on any atom is -0.379 e. The lowest BCUT2D eigenvalue weighted by molar-refractivity contribution is 0.0730. The monoisotopic (exact) mass is 484 g/mol. The normalized spacial score (nSPS) is 16.1. The van der Waals surface area contributed by atoms with Gasteiger partial charge in [0.2, 0.25) is 10.0 Å². The molecule has 1 N–H and O–H groups in total. The second-order valence-corrected chi connectivity index (χ2v) is 10.7. The molecule has 12 heteroatoms. The van der Waals surface area contributed by atoms with Crippen LogP contribution in [0.3, 0.4) is 0 Å². The number of nitrogens with one attached hydrogen (secondary N) is 1. The molecule has 1 saturated heterocycles. The van der Waals surface area contributed by atoms with E-state index in [1.54, 1.807) is 0 Å². The summed E-state index contributed by atoms with van der Waals surface area (Å²) in [6.07, 6.45) is 0. The van der Waals surface area contributed by atoms with Gasteiger partial charge in [0, 0.05) is 18.8 Å². The Bertz CT molecular complexity index is 1080. The molecule has 1 aliphatic heterocycles. The van der Waals surface area contributed by atoms with Crippen LogP contribution in [0.15, 0.2) is 46.2 Å². The first-order chi connectivity index (χ1) is 13.1. The zero-order valence-corrected chi connectivity index (χ0v) is 18.1. The molecule has 2 aromatic carbocycles. The predicted molar refractivity (Wildman–Crippen MR) is 108 cm³/mol. The Labute approximate surface area is 178 Å². The van der Waals surface area contributed by atoms with Crippen molar-refractivity contribution in [3.8, 4) is 0 Å². The summed E-state index contributed by atoms with van der Waals surface area (Å²) >= 11 is 17.7. The first kappa shape index (κ1) is 21.6. The number of hydrogen-bond acceptors (Lipinski definition) is 5. The Morgan fingerprint density at radius 1 is 0.857 bits per heavy atom. The number of sulfonamides is 2. The Morgan fingerprint density at radius 3 is 2.04 bits per heavy atom. The molecule has 0 aliphatic carbocycles. The number of anilines is 1. The van der Waals surface area contributed by atoms with E-state index in [1.807, 2.05) is 0 Å². The van der Waals surface area contributed by atoms with E-state index >= 15 is 0 Å². The quantitative estimate of drug-likeness (QED) is 0.655. The highest BCUT2D eigenvalue weighted by Gasteiger charge is 2.26. The fraction of sp³-hybridized carbons (Fsp3) is 0.250. The van der Waals surface area contributed by atoms with Gasteiger partial charge in [-0.3, -0.25) is 4.72 Å². The second-order valence-electron chi connectivity index (χ2n) is 5.84. The van der Waals surface area contributed by atoms with Crippen molar-refractivity contribution in [2.24, 2.45) is 0 Å². The highest BCUT2D eigenvalue weighted by Crippen LogP contribution is 2.32. The van der Waals surface area contributed by atoms with Crippen molar-refractivity contribution >= 4 is 60.5 Å². The van der Waals surface area contributed by atoms with Crippen LogP contribution in [-0.2, 0) is 24.8 Å². The molecular weight excluding hydrogens is 471 g/mol. The Morgan fingerprint density at radius 2 is 1.43 bits per heavy atom. The van der Waals surface area contributed by atoms with Crippen molar-refractivity contribution in [3.63, 3.8) is 0 Å². The number of morpholine rings is 1. The summed E-state index contributed by atoms with van der Waals surface area (Å²) in [6.45, 7) is 1.21. The topological polar surface area (TPSA) is 92.8 Å². The van der Waals surface area contributed by atoms with Crippen molar-refractivity contribution in [1.29, 1.82) is 0 Å². The molecular formula is C16H15Cl3N2O5S2. The number of rotatable bonds is 5. The SMILES string of the molecule is O=S(=O)(Nc1ccc(S(=O)(=O)N2CCOCC2)cc1)c1cc(Cl)c(Cl)cc1Cl. The third kappa shape index (κ3) is 4.56. The molecule has 152 valence electrons. The summed E-state index contributed by atoms with van der Waals surface area (Å²) in [4.78, 5) is -0.182. The van der Waals surface area contributed by atoms with Gasteiger partial charge in [-0.2, -0.15) is 4.31 Å². The van der Waals surface area contributed by atoms with E-state index in [0.717, 1.165) is 6.07 Å². The lowest BCUT2D eigenvalue weighted by Crippen LogP contribution is -2.40. The van der Waals surface area contributed by atoms with Crippen LogP contribution >= 0.6 is 34.8 Å². The number of nitrogens with zero attached hydrogens (tertiary/aromatic N) is 1. The molecule has 0 amide bonds. The van der Waals surface area contributed by atoms with Crippen LogP contribution in [0, 0.1) is 0 Å². The van der Waals surface area contributed by atoms with Gasteiger partial charge in [0.15, 0.2) is 0 Å². The summed E-state index contributed by atoms with van der Waals surface area (Å²) in [5.41, 5.74) is 0.170. The molecule has 1 heterocycles. The van der Waals surface area contributed by atoms with Gasteiger partial charge in [-0.05, 0) is 36.4 Å². The molecule has 3 rings (SSSR count). The summed E-state index contributed by atoms with van der Waals surface area (Å²) in [5, 5.41) is 0.0788. The summed E-state index contributed by atoms with van der Waals surface area (Å²) in [7, 11) is -7.72. The van der Waals surface area contributed by atoms with Crippen LogP contribution in [0.4, 0.5) is 5.69 Å². The molecule has 0 saturated carbocycles. The van der Waals surface area contributed by atoms with E-state index in [9.17, 15) is 16.8 Å². The summed E-state index contributed by atoms with van der Waals surface area (Å²) in [6, 6.07) is 7.76.